The van der Waals surface area contributed by atoms with Crippen molar-refractivity contribution in [1.82, 2.24) is 4.98 Å². The van der Waals surface area contributed by atoms with Gasteiger partial charge in [0.05, 0.1) is 27.5 Å². The van der Waals surface area contributed by atoms with Crippen LogP contribution in [-0.2, 0) is 26.8 Å². The molecule has 0 bridgehead atoms. The van der Waals surface area contributed by atoms with E-state index in [-0.39, 0.29) is 28.0 Å². The lowest BCUT2D eigenvalue weighted by Gasteiger charge is -2.17. The summed E-state index contributed by atoms with van der Waals surface area (Å²) in [7, 11) is 0. The number of pyridine rings is 1. The van der Waals surface area contributed by atoms with E-state index < -0.39 is 47.3 Å². The summed E-state index contributed by atoms with van der Waals surface area (Å²) in [5.74, 6) is -3.31. The number of fused-ring (bicyclic) bond motifs is 1. The second-order valence-electron chi connectivity index (χ2n) is 7.40. The van der Waals surface area contributed by atoms with Crippen LogP contribution in [0.25, 0.3) is 0 Å². The number of amides is 2. The SMILES string of the molecule is C/C(=N/Nc1ncc(C(F)(F)F)cc1Cl)C1=NO[C@H]2C(=O)N(c3cccc(C(F)(F)F)c3)C(=O)[C@H]12. The van der Waals surface area contributed by atoms with E-state index >= 15 is 0 Å². The van der Waals surface area contributed by atoms with Gasteiger partial charge in [0.1, 0.15) is 11.6 Å². The maximum atomic E-state index is 13.1. The first-order chi connectivity index (χ1) is 16.3. The molecule has 0 spiro atoms. The van der Waals surface area contributed by atoms with E-state index in [1.54, 1.807) is 0 Å². The van der Waals surface area contributed by atoms with Crippen molar-refractivity contribution in [2.24, 2.45) is 16.2 Å². The zero-order valence-electron chi connectivity index (χ0n) is 17.3. The van der Waals surface area contributed by atoms with E-state index in [1.807, 2.05) is 0 Å². The number of rotatable bonds is 4. The largest absolute Gasteiger partial charge is 0.417 e. The van der Waals surface area contributed by atoms with Crippen LogP contribution in [0, 0.1) is 5.92 Å². The number of halogens is 7. The van der Waals surface area contributed by atoms with Crippen molar-refractivity contribution >= 4 is 46.3 Å². The molecule has 4 rings (SSSR count). The molecule has 1 N–H and O–H groups in total. The van der Waals surface area contributed by atoms with Crippen molar-refractivity contribution in [1.29, 1.82) is 0 Å². The van der Waals surface area contributed by atoms with Crippen molar-refractivity contribution in [3.05, 3.63) is 52.7 Å². The third-order valence-corrected chi connectivity index (χ3v) is 5.40. The number of alkyl halides is 6. The van der Waals surface area contributed by atoms with Gasteiger partial charge in [-0.2, -0.15) is 31.4 Å². The molecule has 2 amide bonds. The smallest absolute Gasteiger partial charge is 0.381 e. The lowest BCUT2D eigenvalue weighted by Crippen LogP contribution is -2.34. The molecule has 3 heterocycles. The van der Waals surface area contributed by atoms with Gasteiger partial charge in [-0.25, -0.2) is 9.88 Å². The molecule has 2 atom stereocenters. The Morgan fingerprint density at radius 3 is 2.40 bits per heavy atom. The summed E-state index contributed by atoms with van der Waals surface area (Å²) in [6.45, 7) is 1.36. The molecule has 2 aromatic rings. The molecule has 2 aliphatic rings. The van der Waals surface area contributed by atoms with Crippen LogP contribution in [-0.4, -0.2) is 34.3 Å². The topological polar surface area (TPSA) is 96.2 Å². The quantitative estimate of drug-likeness (QED) is 0.278. The highest BCUT2D eigenvalue weighted by Crippen LogP contribution is 2.37. The molecular formula is C20H12ClF6N5O3. The summed E-state index contributed by atoms with van der Waals surface area (Å²) >= 11 is 5.81. The van der Waals surface area contributed by atoms with Gasteiger partial charge in [-0.3, -0.25) is 15.0 Å². The van der Waals surface area contributed by atoms with Crippen molar-refractivity contribution in [2.75, 3.05) is 10.3 Å². The van der Waals surface area contributed by atoms with Gasteiger partial charge in [0.2, 0.25) is 12.0 Å². The molecule has 2 aliphatic heterocycles. The van der Waals surface area contributed by atoms with Gasteiger partial charge in [0.25, 0.3) is 5.91 Å². The van der Waals surface area contributed by atoms with E-state index in [4.69, 9.17) is 16.4 Å². The van der Waals surface area contributed by atoms with Gasteiger partial charge < -0.3 is 4.84 Å². The zero-order valence-corrected chi connectivity index (χ0v) is 18.0. The highest BCUT2D eigenvalue weighted by Gasteiger charge is 2.56. The molecule has 8 nitrogen and oxygen atoms in total. The Morgan fingerprint density at radius 2 is 1.77 bits per heavy atom. The fraction of sp³-hybridized carbons (Fsp3) is 0.250. The average Bonchev–Trinajstić information content (AvgIpc) is 3.31. The van der Waals surface area contributed by atoms with E-state index in [2.05, 4.69) is 20.7 Å². The number of hydrogen-bond donors (Lipinski definition) is 1. The fourth-order valence-corrected chi connectivity index (χ4v) is 3.63. The Morgan fingerprint density at radius 1 is 1.09 bits per heavy atom. The molecule has 0 unspecified atom stereocenters. The van der Waals surface area contributed by atoms with Crippen LogP contribution < -0.4 is 10.3 Å². The molecule has 184 valence electrons. The molecular weight excluding hydrogens is 508 g/mol. The second-order valence-corrected chi connectivity index (χ2v) is 7.81. The second kappa shape index (κ2) is 8.52. The van der Waals surface area contributed by atoms with E-state index in [9.17, 15) is 35.9 Å². The number of hydrogen-bond acceptors (Lipinski definition) is 7. The van der Waals surface area contributed by atoms with Gasteiger partial charge in [-0.15, -0.1) is 0 Å². The van der Waals surface area contributed by atoms with Crippen molar-refractivity contribution in [3.8, 4) is 0 Å². The molecule has 1 aromatic carbocycles. The van der Waals surface area contributed by atoms with Crippen molar-refractivity contribution in [2.45, 2.75) is 25.4 Å². The maximum absolute atomic E-state index is 13.1. The van der Waals surface area contributed by atoms with Crippen LogP contribution in [0.3, 0.4) is 0 Å². The van der Waals surface area contributed by atoms with Gasteiger partial charge >= 0.3 is 12.4 Å². The number of nitrogens with zero attached hydrogens (tertiary/aromatic N) is 4. The number of imide groups is 1. The lowest BCUT2D eigenvalue weighted by molar-refractivity contribution is -0.138. The molecule has 0 aliphatic carbocycles. The summed E-state index contributed by atoms with van der Waals surface area (Å²) in [6.07, 6.45) is -10.2. The Labute approximate surface area is 197 Å². The van der Waals surface area contributed by atoms with Crippen LogP contribution in [0.2, 0.25) is 5.02 Å². The first-order valence-electron chi connectivity index (χ1n) is 9.61. The Bertz CT molecular complexity index is 1280. The number of hydrazone groups is 1. The lowest BCUT2D eigenvalue weighted by atomic mass is 9.97. The average molecular weight is 520 g/mol. The van der Waals surface area contributed by atoms with Crippen LogP contribution in [0.5, 0.6) is 0 Å². The molecule has 0 radical (unpaired) electrons. The summed E-state index contributed by atoms with van der Waals surface area (Å²) < 4.78 is 77.4. The van der Waals surface area contributed by atoms with Gasteiger partial charge in [0.15, 0.2) is 5.82 Å². The monoisotopic (exact) mass is 519 g/mol. The molecule has 15 heteroatoms. The molecule has 0 saturated carbocycles. The van der Waals surface area contributed by atoms with Crippen LogP contribution in [0.4, 0.5) is 37.8 Å². The number of carbonyl (C=O) groups is 2. The van der Waals surface area contributed by atoms with E-state index in [0.29, 0.717) is 23.2 Å². The van der Waals surface area contributed by atoms with Crippen LogP contribution in [0.1, 0.15) is 18.1 Å². The normalized spacial score (nSPS) is 20.6. The Kier molecular flexibility index (Phi) is 5.95. The Hall–Kier alpha value is -3.68. The third-order valence-electron chi connectivity index (χ3n) is 5.11. The third kappa shape index (κ3) is 4.52. The van der Waals surface area contributed by atoms with E-state index in [0.717, 1.165) is 12.1 Å². The first-order valence-corrected chi connectivity index (χ1v) is 9.99. The summed E-state index contributed by atoms with van der Waals surface area (Å²) in [5, 5.41) is 7.19. The maximum Gasteiger partial charge on any atom is 0.417 e. The summed E-state index contributed by atoms with van der Waals surface area (Å²) in [6, 6.07) is 4.32. The standard InChI is InChI=1S/C20H12ClF6N5O3/c1-8(29-30-16-12(21)6-10(7-28-16)20(25,26)27)14-13-15(35-31-14)18(34)32(17(13)33)11-4-2-3-9(5-11)19(22,23)24/h2-7,13,15H,1H3,(H,28,30)/b29-8-/t13-,15-/m1/s1. The van der Waals surface area contributed by atoms with Crippen molar-refractivity contribution in [3.63, 3.8) is 0 Å². The minimum Gasteiger partial charge on any atom is -0.381 e. The highest BCUT2D eigenvalue weighted by atomic mass is 35.5. The number of oxime groups is 1. The zero-order chi connectivity index (χ0) is 25.7. The summed E-state index contributed by atoms with van der Waals surface area (Å²) in [4.78, 5) is 34.9. The number of carbonyl (C=O) groups excluding carboxylic acids is 2. The fourth-order valence-electron chi connectivity index (χ4n) is 3.42. The molecule has 1 aromatic heterocycles. The number of nitrogens with one attached hydrogen (secondary N) is 1. The molecule has 1 fully saturated rings. The van der Waals surface area contributed by atoms with Gasteiger partial charge in [-0.1, -0.05) is 22.8 Å². The minimum atomic E-state index is -4.69. The van der Waals surface area contributed by atoms with Crippen molar-refractivity contribution < 1.29 is 40.8 Å². The van der Waals surface area contributed by atoms with Gasteiger partial charge in [-0.05, 0) is 31.2 Å². The highest BCUT2D eigenvalue weighted by molar-refractivity contribution is 6.49. The first kappa shape index (κ1) is 24.4. The van der Waals surface area contributed by atoms with Crippen LogP contribution >= 0.6 is 11.6 Å². The van der Waals surface area contributed by atoms with Crippen LogP contribution in [0.15, 0.2) is 46.8 Å². The molecule has 35 heavy (non-hydrogen) atoms. The number of anilines is 2. The number of benzene rings is 1. The van der Waals surface area contributed by atoms with Gasteiger partial charge in [0, 0.05) is 6.20 Å². The van der Waals surface area contributed by atoms with E-state index in [1.165, 1.54) is 13.0 Å². The predicted molar refractivity (Wildman–Crippen MR) is 111 cm³/mol. The predicted octanol–water partition coefficient (Wildman–Crippen LogP) is 4.50. The summed E-state index contributed by atoms with van der Waals surface area (Å²) in [5.41, 5.74) is -0.165. The Balaban J connectivity index is 1.55. The molecule has 1 saturated heterocycles. The minimum absolute atomic E-state index is 0.00214. The number of aromatic nitrogens is 1.